The first kappa shape index (κ1) is 19.4. The Hall–Kier alpha value is -1.88. The van der Waals surface area contributed by atoms with E-state index in [4.69, 9.17) is 4.74 Å². The lowest BCUT2D eigenvalue weighted by atomic mass is 9.72. The molecule has 1 aliphatic heterocycles. The number of aliphatic hydroxyl groups is 1. The molecule has 1 aromatic carbocycles. The highest BCUT2D eigenvalue weighted by molar-refractivity contribution is 5.85. The molecule has 1 heterocycles. The zero-order valence-electron chi connectivity index (χ0n) is 16.8. The van der Waals surface area contributed by atoms with Gasteiger partial charge in [0.25, 0.3) is 0 Å². The van der Waals surface area contributed by atoms with Gasteiger partial charge < -0.3 is 15.1 Å². The summed E-state index contributed by atoms with van der Waals surface area (Å²) >= 11 is 0. The third-order valence-electron chi connectivity index (χ3n) is 7.80. The number of methoxy groups -OCH3 is 1. The van der Waals surface area contributed by atoms with Crippen LogP contribution >= 0.6 is 0 Å². The first-order valence-electron chi connectivity index (χ1n) is 10.6. The molecule has 0 radical (unpaired) electrons. The molecule has 4 rings (SSSR count). The van der Waals surface area contributed by atoms with E-state index in [0.717, 1.165) is 37.8 Å². The van der Waals surface area contributed by atoms with Gasteiger partial charge in [-0.05, 0) is 37.2 Å². The zero-order chi connectivity index (χ0) is 19.9. The van der Waals surface area contributed by atoms with Gasteiger partial charge in [-0.3, -0.25) is 0 Å². The Kier molecular flexibility index (Phi) is 5.21. The van der Waals surface area contributed by atoms with Gasteiger partial charge in [-0.1, -0.05) is 43.2 Å². The van der Waals surface area contributed by atoms with Crippen LogP contribution in [0.5, 0.6) is 0 Å². The predicted molar refractivity (Wildman–Crippen MR) is 107 cm³/mol. The summed E-state index contributed by atoms with van der Waals surface area (Å²) < 4.78 is 5.97. The van der Waals surface area contributed by atoms with Gasteiger partial charge in [-0.15, -0.1) is 0 Å². The predicted octanol–water partition coefficient (Wildman–Crippen LogP) is 3.63. The van der Waals surface area contributed by atoms with E-state index in [1.807, 2.05) is 13.0 Å². The number of benzene rings is 1. The quantitative estimate of drug-likeness (QED) is 0.488. The van der Waals surface area contributed by atoms with Crippen molar-refractivity contribution in [2.45, 2.75) is 69.4 Å². The molecule has 2 aliphatic carbocycles. The second kappa shape index (κ2) is 7.51. The molecule has 6 atom stereocenters. The summed E-state index contributed by atoms with van der Waals surface area (Å²) in [5.41, 5.74) is 1.59. The van der Waals surface area contributed by atoms with Crippen LogP contribution in [0.25, 0.3) is 0 Å². The Balaban J connectivity index is 1.67. The second-order valence-corrected chi connectivity index (χ2v) is 8.97. The van der Waals surface area contributed by atoms with Crippen molar-refractivity contribution in [1.82, 2.24) is 0 Å². The van der Waals surface area contributed by atoms with Gasteiger partial charge in [0.2, 0.25) is 0 Å². The number of esters is 1. The van der Waals surface area contributed by atoms with E-state index < -0.39 is 17.6 Å². The Morgan fingerprint density at radius 1 is 1.18 bits per heavy atom. The fourth-order valence-corrected chi connectivity index (χ4v) is 6.23. The molecule has 1 N–H and O–H groups in total. The van der Waals surface area contributed by atoms with Gasteiger partial charge in [0, 0.05) is 25.2 Å². The Morgan fingerprint density at radius 3 is 2.54 bits per heavy atom. The van der Waals surface area contributed by atoms with Crippen LogP contribution in [-0.4, -0.2) is 40.3 Å². The second-order valence-electron chi connectivity index (χ2n) is 8.97. The minimum Gasteiger partial charge on any atom is -0.623 e. The number of hydrogen-bond donors (Lipinski definition) is 1. The van der Waals surface area contributed by atoms with Gasteiger partial charge in [0.1, 0.15) is 0 Å². The monoisotopic (exact) mass is 385 g/mol. The highest BCUT2D eigenvalue weighted by Crippen LogP contribution is 2.52. The summed E-state index contributed by atoms with van der Waals surface area (Å²) in [7, 11) is 1.29. The fourth-order valence-electron chi connectivity index (χ4n) is 6.23. The first-order valence-corrected chi connectivity index (χ1v) is 10.6. The van der Waals surface area contributed by atoms with Crippen molar-refractivity contribution in [1.29, 1.82) is 0 Å². The van der Waals surface area contributed by atoms with Gasteiger partial charge in [0.05, 0.1) is 13.0 Å². The van der Waals surface area contributed by atoms with Crippen LogP contribution < -0.4 is 0 Å². The molecule has 0 unspecified atom stereocenters. The molecular weight excluding hydrogens is 354 g/mol. The van der Waals surface area contributed by atoms with Crippen molar-refractivity contribution in [3.8, 4) is 0 Å². The van der Waals surface area contributed by atoms with E-state index in [2.05, 4.69) is 24.3 Å². The lowest BCUT2D eigenvalue weighted by Gasteiger charge is -2.34. The number of aliphatic hydroxyl groups excluding tert-OH is 1. The zero-order valence-corrected chi connectivity index (χ0v) is 16.8. The van der Waals surface area contributed by atoms with Crippen molar-refractivity contribution in [2.75, 3.05) is 7.11 Å². The summed E-state index contributed by atoms with van der Waals surface area (Å²) in [5, 5.41) is 24.2. The number of nitrogens with zero attached hydrogens (tertiary/aromatic N) is 1. The van der Waals surface area contributed by atoms with E-state index in [1.165, 1.54) is 23.8 Å². The third-order valence-corrected chi connectivity index (χ3v) is 7.80. The molecule has 2 fully saturated rings. The molecule has 3 aliphatic rings. The van der Waals surface area contributed by atoms with Gasteiger partial charge in [-0.25, -0.2) is 9.53 Å². The smallest absolute Gasteiger partial charge is 0.335 e. The van der Waals surface area contributed by atoms with Crippen molar-refractivity contribution in [3.63, 3.8) is 0 Å². The Bertz CT molecular complexity index is 761. The minimum atomic E-state index is -1.23. The molecular formula is C23H31NO4. The van der Waals surface area contributed by atoms with Gasteiger partial charge in [-0.2, -0.15) is 0 Å². The summed E-state index contributed by atoms with van der Waals surface area (Å²) in [6.07, 6.45) is 5.64. The highest BCUT2D eigenvalue weighted by Gasteiger charge is 2.63. The number of carbonyl (C=O) groups is 1. The maximum atomic E-state index is 13.6. The highest BCUT2D eigenvalue weighted by atomic mass is 16.5. The molecule has 28 heavy (non-hydrogen) atoms. The lowest BCUT2D eigenvalue weighted by molar-refractivity contribution is -0.555. The largest absolute Gasteiger partial charge is 0.623 e. The molecule has 0 saturated heterocycles. The minimum absolute atomic E-state index is 0.197. The molecule has 152 valence electrons. The van der Waals surface area contributed by atoms with Crippen LogP contribution in [0.4, 0.5) is 0 Å². The topological polar surface area (TPSA) is 72.6 Å². The average Bonchev–Trinajstić information content (AvgIpc) is 3.20. The maximum Gasteiger partial charge on any atom is 0.335 e. The summed E-state index contributed by atoms with van der Waals surface area (Å²) in [6, 6.07) is 10.6. The standard InChI is InChI=1S/C23H31NO4/c1-23-16(12-13-19(23)21(25)22(26)28-2)14-20(24(23)27)18-11-7-6-10-17(18)15-8-4-3-5-9-15/h3-5,8-9,16-19,21,25H,6-7,10-14H2,1-2H3/t16-,17+,18+,19+,21-,23+/m0/s1. The van der Waals surface area contributed by atoms with Crippen molar-refractivity contribution < 1.29 is 19.4 Å². The van der Waals surface area contributed by atoms with Crippen LogP contribution in [0.15, 0.2) is 30.3 Å². The first-order chi connectivity index (χ1) is 13.5. The summed E-state index contributed by atoms with van der Waals surface area (Å²) in [5.74, 6) is -0.172. The fraction of sp³-hybridized carbons (Fsp3) is 0.652. The Morgan fingerprint density at radius 2 is 1.86 bits per heavy atom. The van der Waals surface area contributed by atoms with Crippen LogP contribution in [0.3, 0.4) is 0 Å². The van der Waals surface area contributed by atoms with Crippen molar-refractivity contribution in [3.05, 3.63) is 41.1 Å². The lowest BCUT2D eigenvalue weighted by Crippen LogP contribution is -2.49. The van der Waals surface area contributed by atoms with Gasteiger partial charge in [0.15, 0.2) is 17.4 Å². The summed E-state index contributed by atoms with van der Waals surface area (Å²) in [4.78, 5) is 12.0. The molecule has 0 spiro atoms. The maximum absolute atomic E-state index is 13.6. The SMILES string of the molecule is COC(=O)[C@@H](O)[C@H]1CC[C@H]2CC([C@@H]3CCCC[C@@H]3c3ccccc3)=[N+]([O-])[C@]21C. The van der Waals surface area contributed by atoms with Crippen LogP contribution in [0, 0.1) is 23.0 Å². The number of hydroxylamine groups is 1. The molecule has 2 saturated carbocycles. The molecule has 0 aromatic heterocycles. The molecule has 1 aromatic rings. The Labute approximate surface area is 167 Å². The molecule has 5 heteroatoms. The van der Waals surface area contributed by atoms with Crippen molar-refractivity contribution >= 4 is 11.7 Å². The third kappa shape index (κ3) is 2.95. The van der Waals surface area contributed by atoms with E-state index in [1.54, 1.807) is 0 Å². The van der Waals surface area contributed by atoms with Crippen LogP contribution in [0.2, 0.25) is 0 Å². The van der Waals surface area contributed by atoms with E-state index >= 15 is 0 Å². The number of ether oxygens (including phenoxy) is 1. The van der Waals surface area contributed by atoms with E-state index in [9.17, 15) is 15.1 Å². The number of fused-ring (bicyclic) bond motifs is 1. The number of carbonyl (C=O) groups excluding carboxylic acids is 1. The van der Waals surface area contributed by atoms with E-state index in [0.29, 0.717) is 12.3 Å². The molecule has 5 nitrogen and oxygen atoms in total. The van der Waals surface area contributed by atoms with Gasteiger partial charge >= 0.3 is 5.97 Å². The van der Waals surface area contributed by atoms with Crippen LogP contribution in [-0.2, 0) is 9.53 Å². The number of rotatable bonds is 4. The van der Waals surface area contributed by atoms with Crippen molar-refractivity contribution in [2.24, 2.45) is 17.8 Å². The molecule has 0 bridgehead atoms. The van der Waals surface area contributed by atoms with Crippen LogP contribution in [0.1, 0.15) is 63.4 Å². The molecule has 0 amide bonds. The average molecular weight is 386 g/mol. The normalized spacial score (nSPS) is 36.2. The number of hydrogen-bond acceptors (Lipinski definition) is 4. The van der Waals surface area contributed by atoms with E-state index in [-0.39, 0.29) is 17.8 Å². The summed E-state index contributed by atoms with van der Waals surface area (Å²) in [6.45, 7) is 1.95.